The van der Waals surface area contributed by atoms with E-state index in [0.29, 0.717) is 18.0 Å². The van der Waals surface area contributed by atoms with Crippen molar-refractivity contribution in [2.75, 3.05) is 7.11 Å². The predicted octanol–water partition coefficient (Wildman–Crippen LogP) is 3.46. The number of carbonyl (C=O) groups is 1. The second-order valence-electron chi connectivity index (χ2n) is 6.63. The van der Waals surface area contributed by atoms with E-state index in [9.17, 15) is 13.2 Å². The molecule has 138 valence electrons. The van der Waals surface area contributed by atoms with Crippen molar-refractivity contribution in [3.8, 4) is 0 Å². The summed E-state index contributed by atoms with van der Waals surface area (Å²) < 4.78 is 32.8. The van der Waals surface area contributed by atoms with Crippen LogP contribution in [0.1, 0.15) is 35.7 Å². The molecule has 1 unspecified atom stereocenters. The van der Waals surface area contributed by atoms with Crippen molar-refractivity contribution in [1.29, 1.82) is 0 Å². The van der Waals surface area contributed by atoms with Gasteiger partial charge in [-0.1, -0.05) is 30.3 Å². The fourth-order valence-electron chi connectivity index (χ4n) is 3.04. The fourth-order valence-corrected chi connectivity index (χ4v) is 4.72. The van der Waals surface area contributed by atoms with Gasteiger partial charge in [0, 0.05) is 12.6 Å². The minimum absolute atomic E-state index is 0.0690. The SMILES string of the molecule is COC(=O)c1ccc(S(=O)(=O)N(Cc2ccccc2)C(C)C2CC2)cc1. The van der Waals surface area contributed by atoms with E-state index in [-0.39, 0.29) is 10.9 Å². The van der Waals surface area contributed by atoms with E-state index < -0.39 is 16.0 Å². The van der Waals surface area contributed by atoms with Gasteiger partial charge < -0.3 is 4.74 Å². The summed E-state index contributed by atoms with van der Waals surface area (Å²) in [5, 5.41) is 0. The molecule has 0 saturated heterocycles. The summed E-state index contributed by atoms with van der Waals surface area (Å²) in [6.45, 7) is 2.31. The molecule has 6 heteroatoms. The number of nitrogens with zero attached hydrogens (tertiary/aromatic N) is 1. The number of benzene rings is 2. The van der Waals surface area contributed by atoms with E-state index >= 15 is 0 Å². The highest BCUT2D eigenvalue weighted by Gasteiger charge is 2.38. The summed E-state index contributed by atoms with van der Waals surface area (Å²) >= 11 is 0. The van der Waals surface area contributed by atoms with Gasteiger partial charge in [0.15, 0.2) is 0 Å². The monoisotopic (exact) mass is 373 g/mol. The van der Waals surface area contributed by atoms with Crippen LogP contribution in [0.4, 0.5) is 0 Å². The third kappa shape index (κ3) is 3.97. The molecule has 2 aromatic carbocycles. The highest BCUT2D eigenvalue weighted by molar-refractivity contribution is 7.89. The lowest BCUT2D eigenvalue weighted by atomic mass is 10.2. The Kier molecular flexibility index (Phi) is 5.44. The Morgan fingerprint density at radius 3 is 2.27 bits per heavy atom. The molecule has 0 bridgehead atoms. The van der Waals surface area contributed by atoms with E-state index in [4.69, 9.17) is 0 Å². The summed E-state index contributed by atoms with van der Waals surface area (Å²) in [4.78, 5) is 11.8. The summed E-state index contributed by atoms with van der Waals surface area (Å²) in [5.41, 5.74) is 1.28. The van der Waals surface area contributed by atoms with Crippen LogP contribution in [0.15, 0.2) is 59.5 Å². The first kappa shape index (κ1) is 18.6. The van der Waals surface area contributed by atoms with Gasteiger partial charge in [-0.2, -0.15) is 4.31 Å². The van der Waals surface area contributed by atoms with Crippen LogP contribution in [-0.2, 0) is 21.3 Å². The molecule has 0 heterocycles. The Bertz CT molecular complexity index is 858. The van der Waals surface area contributed by atoms with Crippen LogP contribution in [-0.4, -0.2) is 31.8 Å². The third-order valence-corrected chi connectivity index (χ3v) is 6.77. The van der Waals surface area contributed by atoms with Gasteiger partial charge in [-0.15, -0.1) is 0 Å². The van der Waals surface area contributed by atoms with Crippen molar-refractivity contribution in [2.24, 2.45) is 5.92 Å². The molecule has 5 nitrogen and oxygen atoms in total. The second-order valence-corrected chi connectivity index (χ2v) is 8.52. The normalized spacial score (nSPS) is 15.7. The second kappa shape index (κ2) is 7.60. The average molecular weight is 373 g/mol. The number of rotatable bonds is 7. The Morgan fingerprint density at radius 2 is 1.73 bits per heavy atom. The zero-order chi connectivity index (χ0) is 18.7. The maximum Gasteiger partial charge on any atom is 0.337 e. The first-order chi connectivity index (χ1) is 12.4. The molecule has 1 atom stereocenters. The number of hydrogen-bond acceptors (Lipinski definition) is 4. The van der Waals surface area contributed by atoms with Crippen LogP contribution in [0.3, 0.4) is 0 Å². The summed E-state index contributed by atoms with van der Waals surface area (Å²) in [5.74, 6) is -0.0794. The van der Waals surface area contributed by atoms with Crippen LogP contribution in [0.2, 0.25) is 0 Å². The Hall–Kier alpha value is -2.18. The van der Waals surface area contributed by atoms with Gasteiger partial charge in [0.25, 0.3) is 0 Å². The summed E-state index contributed by atoms with van der Waals surface area (Å²) in [6.07, 6.45) is 2.12. The number of methoxy groups -OCH3 is 1. The summed E-state index contributed by atoms with van der Waals surface area (Å²) in [6, 6.07) is 15.4. The van der Waals surface area contributed by atoms with Gasteiger partial charge >= 0.3 is 5.97 Å². The predicted molar refractivity (Wildman–Crippen MR) is 99.1 cm³/mol. The molecule has 0 aromatic heterocycles. The molecule has 1 aliphatic carbocycles. The molecule has 0 amide bonds. The van der Waals surface area contributed by atoms with Gasteiger partial charge in [0.1, 0.15) is 0 Å². The zero-order valence-corrected chi connectivity index (χ0v) is 15.8. The molecule has 3 rings (SSSR count). The molecule has 2 aromatic rings. The molecule has 1 saturated carbocycles. The molecule has 0 aliphatic heterocycles. The van der Waals surface area contributed by atoms with Crippen molar-refractivity contribution in [1.82, 2.24) is 4.31 Å². The van der Waals surface area contributed by atoms with Crippen LogP contribution < -0.4 is 0 Å². The smallest absolute Gasteiger partial charge is 0.337 e. The van der Waals surface area contributed by atoms with E-state index in [0.717, 1.165) is 18.4 Å². The molecular weight excluding hydrogens is 350 g/mol. The summed E-state index contributed by atoms with van der Waals surface area (Å²) in [7, 11) is -2.37. The average Bonchev–Trinajstić information content (AvgIpc) is 3.51. The van der Waals surface area contributed by atoms with Crippen LogP contribution in [0.5, 0.6) is 0 Å². The van der Waals surface area contributed by atoms with Crippen molar-refractivity contribution < 1.29 is 17.9 Å². The molecule has 0 N–H and O–H groups in total. The third-order valence-electron chi connectivity index (χ3n) is 4.82. The molecular formula is C20H23NO4S. The van der Waals surface area contributed by atoms with Crippen LogP contribution >= 0.6 is 0 Å². The maximum absolute atomic E-state index is 13.3. The quantitative estimate of drug-likeness (QED) is 0.697. The van der Waals surface area contributed by atoms with Crippen molar-refractivity contribution in [3.05, 3.63) is 65.7 Å². The standard InChI is InChI=1S/C20H23NO4S/c1-15(17-8-9-17)21(14-16-6-4-3-5-7-16)26(23,24)19-12-10-18(11-13-19)20(22)25-2/h3-7,10-13,15,17H,8-9,14H2,1-2H3. The first-order valence-electron chi connectivity index (χ1n) is 8.67. The topological polar surface area (TPSA) is 63.7 Å². The van der Waals surface area contributed by atoms with Crippen LogP contribution in [0, 0.1) is 5.92 Å². The van der Waals surface area contributed by atoms with E-state index in [1.165, 1.54) is 31.4 Å². The van der Waals surface area contributed by atoms with Crippen molar-refractivity contribution >= 4 is 16.0 Å². The minimum Gasteiger partial charge on any atom is -0.465 e. The first-order valence-corrected chi connectivity index (χ1v) is 10.1. The van der Waals surface area contributed by atoms with Gasteiger partial charge in [0.2, 0.25) is 10.0 Å². The molecule has 1 aliphatic rings. The van der Waals surface area contributed by atoms with E-state index in [1.807, 2.05) is 37.3 Å². The number of carbonyl (C=O) groups excluding carboxylic acids is 1. The highest BCUT2D eigenvalue weighted by Crippen LogP contribution is 2.37. The lowest BCUT2D eigenvalue weighted by molar-refractivity contribution is 0.0600. The van der Waals surface area contributed by atoms with E-state index in [2.05, 4.69) is 4.74 Å². The van der Waals surface area contributed by atoms with Crippen LogP contribution in [0.25, 0.3) is 0 Å². The number of esters is 1. The Labute approximate surface area is 154 Å². The van der Waals surface area contributed by atoms with Gasteiger partial charge in [0.05, 0.1) is 17.6 Å². The maximum atomic E-state index is 13.3. The fraction of sp³-hybridized carbons (Fsp3) is 0.350. The van der Waals surface area contributed by atoms with Crippen molar-refractivity contribution in [2.45, 2.75) is 37.2 Å². The largest absolute Gasteiger partial charge is 0.465 e. The van der Waals surface area contributed by atoms with Gasteiger partial charge in [-0.05, 0) is 55.5 Å². The van der Waals surface area contributed by atoms with Gasteiger partial charge in [-0.25, -0.2) is 13.2 Å². The molecule has 1 fully saturated rings. The van der Waals surface area contributed by atoms with E-state index in [1.54, 1.807) is 4.31 Å². The lowest BCUT2D eigenvalue weighted by Crippen LogP contribution is -2.39. The Morgan fingerprint density at radius 1 is 1.12 bits per heavy atom. The molecule has 0 spiro atoms. The minimum atomic E-state index is -3.67. The number of ether oxygens (including phenoxy) is 1. The zero-order valence-electron chi connectivity index (χ0n) is 15.0. The molecule has 26 heavy (non-hydrogen) atoms. The van der Waals surface area contributed by atoms with Crippen molar-refractivity contribution in [3.63, 3.8) is 0 Å². The number of hydrogen-bond donors (Lipinski definition) is 0. The van der Waals surface area contributed by atoms with Gasteiger partial charge in [-0.3, -0.25) is 0 Å². The Balaban J connectivity index is 1.92. The highest BCUT2D eigenvalue weighted by atomic mass is 32.2. The molecule has 0 radical (unpaired) electrons. The lowest BCUT2D eigenvalue weighted by Gasteiger charge is -2.28. The number of sulfonamides is 1.